The number of rotatable bonds is 4. The minimum Gasteiger partial charge on any atom is -0.497 e. The fraction of sp³-hybridized carbons (Fsp3) is 0.192. The van der Waals surface area contributed by atoms with Gasteiger partial charge in [0.05, 0.1) is 23.2 Å². The van der Waals surface area contributed by atoms with Crippen molar-refractivity contribution in [1.82, 2.24) is 14.9 Å². The predicted molar refractivity (Wildman–Crippen MR) is 131 cm³/mol. The van der Waals surface area contributed by atoms with E-state index in [1.54, 1.807) is 19.2 Å². The molecule has 33 heavy (non-hydrogen) atoms. The summed E-state index contributed by atoms with van der Waals surface area (Å²) in [5.41, 5.74) is 2.36. The highest BCUT2D eigenvalue weighted by Gasteiger charge is 2.25. The molecule has 1 aromatic heterocycles. The fourth-order valence-electron chi connectivity index (χ4n) is 4.10. The first-order valence-corrected chi connectivity index (χ1v) is 11.2. The molecule has 4 aromatic rings. The second kappa shape index (κ2) is 9.08. The van der Waals surface area contributed by atoms with E-state index in [1.807, 2.05) is 65.6 Å². The predicted octanol–water partition coefficient (Wildman–Crippen LogP) is 4.92. The molecule has 1 aliphatic rings. The third-order valence-electron chi connectivity index (χ3n) is 5.90. The first-order valence-electron chi connectivity index (χ1n) is 10.8. The highest BCUT2D eigenvalue weighted by molar-refractivity contribution is 6.33. The Bertz CT molecular complexity index is 1300. The van der Waals surface area contributed by atoms with Crippen LogP contribution in [0.1, 0.15) is 10.4 Å². The maximum absolute atomic E-state index is 13.0. The summed E-state index contributed by atoms with van der Waals surface area (Å²) in [6.45, 7) is 2.55. The zero-order valence-corrected chi connectivity index (χ0v) is 19.0. The van der Waals surface area contributed by atoms with Crippen LogP contribution < -0.4 is 9.64 Å². The Kier molecular flexibility index (Phi) is 5.84. The number of ether oxygens (including phenoxy) is 1. The van der Waals surface area contributed by atoms with E-state index in [0.717, 1.165) is 28.0 Å². The number of amides is 1. The molecule has 3 aromatic carbocycles. The quantitative estimate of drug-likeness (QED) is 0.434. The molecule has 0 aliphatic carbocycles. The molecule has 1 amide bonds. The molecule has 0 unspecified atom stereocenters. The van der Waals surface area contributed by atoms with Crippen molar-refractivity contribution in [2.75, 3.05) is 38.2 Å². The maximum Gasteiger partial charge on any atom is 0.255 e. The van der Waals surface area contributed by atoms with Gasteiger partial charge in [0.1, 0.15) is 11.6 Å². The highest BCUT2D eigenvalue weighted by atomic mass is 35.5. The number of nitrogens with zero attached hydrogens (tertiary/aromatic N) is 4. The minimum atomic E-state index is -0.0354. The van der Waals surface area contributed by atoms with Crippen molar-refractivity contribution in [2.45, 2.75) is 0 Å². The molecule has 5 rings (SSSR count). The van der Waals surface area contributed by atoms with Crippen LogP contribution >= 0.6 is 11.6 Å². The third-order valence-corrected chi connectivity index (χ3v) is 6.23. The Labute approximate surface area is 197 Å². The molecule has 0 radical (unpaired) electrons. The molecule has 0 spiro atoms. The maximum atomic E-state index is 13.0. The normalized spacial score (nSPS) is 13.9. The molecular weight excluding hydrogens is 436 g/mol. The van der Waals surface area contributed by atoms with Crippen LogP contribution in [0, 0.1) is 0 Å². The highest BCUT2D eigenvalue weighted by Crippen LogP contribution is 2.29. The van der Waals surface area contributed by atoms with Crippen molar-refractivity contribution >= 4 is 34.2 Å². The second-order valence-electron chi connectivity index (χ2n) is 7.88. The number of methoxy groups -OCH3 is 1. The summed E-state index contributed by atoms with van der Waals surface area (Å²) < 4.78 is 5.27. The van der Waals surface area contributed by atoms with E-state index in [2.05, 4.69) is 4.90 Å². The fourth-order valence-corrected chi connectivity index (χ4v) is 4.31. The van der Waals surface area contributed by atoms with Crippen LogP contribution in [0.4, 0.5) is 5.82 Å². The Balaban J connectivity index is 1.43. The Hall–Kier alpha value is -3.64. The van der Waals surface area contributed by atoms with E-state index in [0.29, 0.717) is 42.6 Å². The van der Waals surface area contributed by atoms with E-state index in [1.165, 1.54) is 0 Å². The van der Waals surface area contributed by atoms with Gasteiger partial charge in [-0.15, -0.1) is 0 Å². The van der Waals surface area contributed by atoms with Gasteiger partial charge >= 0.3 is 0 Å². The number of anilines is 1. The van der Waals surface area contributed by atoms with E-state index in [-0.39, 0.29) is 5.91 Å². The molecule has 0 N–H and O–H groups in total. The number of hydrogen-bond donors (Lipinski definition) is 0. The number of para-hydroxylation sites is 1. The van der Waals surface area contributed by atoms with Crippen LogP contribution in [0.3, 0.4) is 0 Å². The molecule has 1 aliphatic heterocycles. The van der Waals surface area contributed by atoms with Crippen LogP contribution in [0.15, 0.2) is 72.8 Å². The van der Waals surface area contributed by atoms with Crippen LogP contribution in [-0.2, 0) is 0 Å². The molecular formula is C26H23ClN4O2. The van der Waals surface area contributed by atoms with Gasteiger partial charge in [-0.3, -0.25) is 4.79 Å². The van der Waals surface area contributed by atoms with Crippen LogP contribution in [0.25, 0.3) is 22.3 Å². The summed E-state index contributed by atoms with van der Waals surface area (Å²) in [6.07, 6.45) is 0. The van der Waals surface area contributed by atoms with Gasteiger partial charge in [0.25, 0.3) is 5.91 Å². The van der Waals surface area contributed by atoms with Gasteiger partial charge in [-0.25, -0.2) is 9.97 Å². The van der Waals surface area contributed by atoms with Crippen LogP contribution in [0.5, 0.6) is 5.75 Å². The molecule has 1 fully saturated rings. The summed E-state index contributed by atoms with van der Waals surface area (Å²) in [4.78, 5) is 26.8. The SMILES string of the molecule is COc1ccc(-c2nc(N3CCN(C(=O)c4ccccc4Cl)CC3)c3ccccc3n2)cc1. The molecule has 166 valence electrons. The van der Waals surface area contributed by atoms with Crippen molar-refractivity contribution in [1.29, 1.82) is 0 Å². The average molecular weight is 459 g/mol. The van der Waals surface area contributed by atoms with Crippen molar-refractivity contribution < 1.29 is 9.53 Å². The number of hydrogen-bond acceptors (Lipinski definition) is 5. The summed E-state index contributed by atoms with van der Waals surface area (Å²) in [5.74, 6) is 2.31. The van der Waals surface area contributed by atoms with E-state index in [4.69, 9.17) is 26.3 Å². The Morgan fingerprint density at radius 3 is 2.30 bits per heavy atom. The van der Waals surface area contributed by atoms with Gasteiger partial charge in [0, 0.05) is 37.1 Å². The summed E-state index contributed by atoms with van der Waals surface area (Å²) >= 11 is 6.24. The average Bonchev–Trinajstić information content (AvgIpc) is 2.88. The molecule has 7 heteroatoms. The third kappa shape index (κ3) is 4.22. The lowest BCUT2D eigenvalue weighted by Gasteiger charge is -2.36. The number of benzene rings is 3. The number of aromatic nitrogens is 2. The zero-order chi connectivity index (χ0) is 22.8. The van der Waals surface area contributed by atoms with Crippen molar-refractivity contribution in [3.8, 4) is 17.1 Å². The molecule has 0 saturated carbocycles. The van der Waals surface area contributed by atoms with E-state index in [9.17, 15) is 4.79 Å². The number of carbonyl (C=O) groups is 1. The molecule has 6 nitrogen and oxygen atoms in total. The number of fused-ring (bicyclic) bond motifs is 1. The van der Waals surface area contributed by atoms with Gasteiger partial charge in [0.15, 0.2) is 5.82 Å². The molecule has 0 atom stereocenters. The van der Waals surface area contributed by atoms with Gasteiger partial charge in [0.2, 0.25) is 0 Å². The first-order chi connectivity index (χ1) is 16.1. The van der Waals surface area contributed by atoms with Crippen LogP contribution in [0.2, 0.25) is 5.02 Å². The first kappa shape index (κ1) is 21.2. The molecule has 2 heterocycles. The Morgan fingerprint density at radius 2 is 1.58 bits per heavy atom. The number of halogens is 1. The summed E-state index contributed by atoms with van der Waals surface area (Å²) in [6, 6.07) is 23.0. The monoisotopic (exact) mass is 458 g/mol. The van der Waals surface area contributed by atoms with Crippen molar-refractivity contribution in [3.63, 3.8) is 0 Å². The molecule has 0 bridgehead atoms. The van der Waals surface area contributed by atoms with Crippen molar-refractivity contribution in [2.24, 2.45) is 0 Å². The lowest BCUT2D eigenvalue weighted by Crippen LogP contribution is -2.49. The van der Waals surface area contributed by atoms with Gasteiger partial charge in [-0.05, 0) is 48.5 Å². The second-order valence-corrected chi connectivity index (χ2v) is 8.28. The van der Waals surface area contributed by atoms with Crippen LogP contribution in [-0.4, -0.2) is 54.1 Å². The number of piperazine rings is 1. The largest absolute Gasteiger partial charge is 0.497 e. The standard InChI is InChI=1S/C26H23ClN4O2/c1-33-19-12-10-18(11-13-19)24-28-23-9-5-3-7-21(23)25(29-24)30-14-16-31(17-15-30)26(32)20-6-2-4-8-22(20)27/h2-13H,14-17H2,1H3. The minimum absolute atomic E-state index is 0.0354. The Morgan fingerprint density at radius 1 is 0.879 bits per heavy atom. The lowest BCUT2D eigenvalue weighted by atomic mass is 10.1. The van der Waals surface area contributed by atoms with E-state index >= 15 is 0 Å². The smallest absolute Gasteiger partial charge is 0.255 e. The topological polar surface area (TPSA) is 58.6 Å². The van der Waals surface area contributed by atoms with Gasteiger partial charge in [-0.1, -0.05) is 35.9 Å². The lowest BCUT2D eigenvalue weighted by molar-refractivity contribution is 0.0747. The zero-order valence-electron chi connectivity index (χ0n) is 18.2. The summed E-state index contributed by atoms with van der Waals surface area (Å²) in [7, 11) is 1.65. The molecule has 1 saturated heterocycles. The van der Waals surface area contributed by atoms with Crippen molar-refractivity contribution in [3.05, 3.63) is 83.4 Å². The van der Waals surface area contributed by atoms with E-state index < -0.39 is 0 Å². The van der Waals surface area contributed by atoms with Gasteiger partial charge in [-0.2, -0.15) is 0 Å². The number of carbonyl (C=O) groups excluding carboxylic acids is 1. The summed E-state index contributed by atoms with van der Waals surface area (Å²) in [5, 5.41) is 1.48. The van der Waals surface area contributed by atoms with Gasteiger partial charge < -0.3 is 14.5 Å².